The summed E-state index contributed by atoms with van der Waals surface area (Å²) in [6.07, 6.45) is -4.17. The first-order chi connectivity index (χ1) is 12.2. The molecular weight excluding hydrogens is 347 g/mol. The molecule has 1 aliphatic rings. The van der Waals surface area contributed by atoms with Crippen molar-refractivity contribution in [3.8, 4) is 0 Å². The predicted molar refractivity (Wildman–Crippen MR) is 87.3 cm³/mol. The average molecular weight is 363 g/mol. The Morgan fingerprint density at radius 1 is 1.15 bits per heavy atom. The number of esters is 1. The first-order valence-corrected chi connectivity index (χ1v) is 7.95. The van der Waals surface area contributed by atoms with Crippen LogP contribution in [0.2, 0.25) is 0 Å². The summed E-state index contributed by atoms with van der Waals surface area (Å²) in [5, 5.41) is 2.62. The molecule has 0 saturated heterocycles. The number of nitrogens with one attached hydrogen (secondary N) is 1. The lowest BCUT2D eigenvalue weighted by atomic mass is 9.89. The Kier molecular flexibility index (Phi) is 4.48. The Hall–Kier alpha value is -2.83. The third kappa shape index (κ3) is 3.56. The van der Waals surface area contributed by atoms with E-state index in [1.54, 1.807) is 24.3 Å². The van der Waals surface area contributed by atoms with Crippen LogP contribution in [0.3, 0.4) is 0 Å². The van der Waals surface area contributed by atoms with E-state index >= 15 is 0 Å². The minimum Gasteiger partial charge on any atom is -0.445 e. The minimum atomic E-state index is -4.40. The maximum Gasteiger partial charge on any atom is 0.416 e. The molecule has 1 amide bonds. The zero-order valence-electron chi connectivity index (χ0n) is 13.9. The normalized spacial score (nSPS) is 19.5. The quantitative estimate of drug-likeness (QED) is 0.850. The number of carbonyl (C=O) groups is 2. The fraction of sp³-hybridized carbons (Fsp3) is 0.263. The minimum absolute atomic E-state index is 0.0335. The summed E-state index contributed by atoms with van der Waals surface area (Å²) in [6, 6.07) is 11.4. The average Bonchev–Trinajstić information content (AvgIpc) is 2.59. The van der Waals surface area contributed by atoms with Gasteiger partial charge >= 0.3 is 12.1 Å². The monoisotopic (exact) mass is 363 g/mol. The van der Waals surface area contributed by atoms with Gasteiger partial charge in [0.15, 0.2) is 5.60 Å². The number of hydrogen-bond acceptors (Lipinski definition) is 3. The smallest absolute Gasteiger partial charge is 0.416 e. The van der Waals surface area contributed by atoms with Crippen molar-refractivity contribution in [3.05, 3.63) is 70.8 Å². The van der Waals surface area contributed by atoms with E-state index in [0.717, 1.165) is 17.7 Å². The van der Waals surface area contributed by atoms with E-state index in [4.69, 9.17) is 4.74 Å². The number of hydrogen-bond donors (Lipinski definition) is 1. The van der Waals surface area contributed by atoms with Crippen LogP contribution < -0.4 is 5.32 Å². The van der Waals surface area contributed by atoms with Gasteiger partial charge in [-0.3, -0.25) is 4.79 Å². The highest BCUT2D eigenvalue weighted by Crippen LogP contribution is 2.30. The van der Waals surface area contributed by atoms with Crippen LogP contribution in [0.5, 0.6) is 0 Å². The lowest BCUT2D eigenvalue weighted by molar-refractivity contribution is -0.140. The van der Waals surface area contributed by atoms with Crippen LogP contribution in [-0.4, -0.2) is 17.5 Å². The van der Waals surface area contributed by atoms with Crippen molar-refractivity contribution >= 4 is 11.9 Å². The first kappa shape index (κ1) is 18.0. The molecule has 0 unspecified atom stereocenters. The number of amides is 1. The van der Waals surface area contributed by atoms with Gasteiger partial charge < -0.3 is 10.1 Å². The third-order valence-electron chi connectivity index (χ3n) is 4.30. The second-order valence-corrected chi connectivity index (χ2v) is 6.33. The Morgan fingerprint density at radius 3 is 2.46 bits per heavy atom. The zero-order chi connectivity index (χ0) is 18.9. The first-order valence-electron chi connectivity index (χ1n) is 7.95. The number of rotatable bonds is 3. The van der Waals surface area contributed by atoms with Gasteiger partial charge in [0.1, 0.15) is 0 Å². The van der Waals surface area contributed by atoms with Crippen molar-refractivity contribution in [2.75, 3.05) is 0 Å². The van der Waals surface area contributed by atoms with Crippen molar-refractivity contribution in [1.29, 1.82) is 0 Å². The lowest BCUT2D eigenvalue weighted by Gasteiger charge is -2.33. The highest BCUT2D eigenvalue weighted by molar-refractivity contribution is 5.97. The van der Waals surface area contributed by atoms with Crippen LogP contribution >= 0.6 is 0 Å². The summed E-state index contributed by atoms with van der Waals surface area (Å²) in [6.45, 7) is 1.55. The summed E-state index contributed by atoms with van der Waals surface area (Å²) in [5.74, 6) is -1.07. The van der Waals surface area contributed by atoms with Crippen molar-refractivity contribution in [3.63, 3.8) is 0 Å². The van der Waals surface area contributed by atoms with Crippen LogP contribution in [0, 0.1) is 0 Å². The van der Waals surface area contributed by atoms with Gasteiger partial charge in [-0.15, -0.1) is 0 Å². The van der Waals surface area contributed by atoms with E-state index in [9.17, 15) is 22.8 Å². The Bertz CT molecular complexity index is 846. The predicted octanol–water partition coefficient (Wildman–Crippen LogP) is 3.49. The largest absolute Gasteiger partial charge is 0.445 e. The van der Waals surface area contributed by atoms with Gasteiger partial charge in [-0.1, -0.05) is 30.3 Å². The second kappa shape index (κ2) is 6.48. The maximum atomic E-state index is 12.6. The molecule has 136 valence electrons. The van der Waals surface area contributed by atoms with Crippen LogP contribution in [0.4, 0.5) is 13.2 Å². The maximum absolute atomic E-state index is 12.6. The van der Waals surface area contributed by atoms with Crippen LogP contribution in [0.25, 0.3) is 0 Å². The van der Waals surface area contributed by atoms with Gasteiger partial charge in [0.25, 0.3) is 5.91 Å². The lowest BCUT2D eigenvalue weighted by Crippen LogP contribution is -2.51. The van der Waals surface area contributed by atoms with Gasteiger partial charge in [-0.25, -0.2) is 4.79 Å². The molecule has 0 saturated carbocycles. The fourth-order valence-electron chi connectivity index (χ4n) is 2.84. The standard InChI is InChI=1S/C19H16F3NO3/c1-18(10-13-4-2-3-5-15(13)16(24)26-18)17(25)23-11-12-6-8-14(9-7-12)19(20,21)22/h2-9H,10-11H2,1H3,(H,23,25)/t18-/m1/s1. The molecule has 1 N–H and O–H groups in total. The second-order valence-electron chi connectivity index (χ2n) is 6.33. The van der Waals surface area contributed by atoms with Gasteiger partial charge in [-0.2, -0.15) is 13.2 Å². The number of benzene rings is 2. The number of halogens is 3. The number of fused-ring (bicyclic) bond motifs is 1. The Morgan fingerprint density at radius 2 is 1.81 bits per heavy atom. The highest BCUT2D eigenvalue weighted by atomic mass is 19.4. The highest BCUT2D eigenvalue weighted by Gasteiger charge is 2.42. The molecule has 0 bridgehead atoms. The summed E-state index contributed by atoms with van der Waals surface area (Å²) in [4.78, 5) is 24.6. The molecule has 1 aliphatic heterocycles. The summed E-state index contributed by atoms with van der Waals surface area (Å²) in [7, 11) is 0. The van der Waals surface area contributed by atoms with Gasteiger partial charge in [-0.05, 0) is 36.2 Å². The van der Waals surface area contributed by atoms with Crippen molar-refractivity contribution < 1.29 is 27.5 Å². The van der Waals surface area contributed by atoms with E-state index in [2.05, 4.69) is 5.32 Å². The van der Waals surface area contributed by atoms with Crippen LogP contribution in [0.15, 0.2) is 48.5 Å². The van der Waals surface area contributed by atoms with Crippen molar-refractivity contribution in [1.82, 2.24) is 5.32 Å². The van der Waals surface area contributed by atoms with E-state index in [0.29, 0.717) is 11.1 Å². The number of carbonyl (C=O) groups excluding carboxylic acids is 2. The number of cyclic esters (lactones) is 1. The van der Waals surface area contributed by atoms with Gasteiger partial charge in [0, 0.05) is 13.0 Å². The van der Waals surface area contributed by atoms with Gasteiger partial charge in [0.2, 0.25) is 0 Å². The molecule has 2 aromatic rings. The summed E-state index contributed by atoms with van der Waals surface area (Å²) < 4.78 is 43.0. The molecule has 0 radical (unpaired) electrons. The van der Waals surface area contributed by atoms with Crippen molar-refractivity contribution in [2.24, 2.45) is 0 Å². The van der Waals surface area contributed by atoms with Crippen molar-refractivity contribution in [2.45, 2.75) is 31.7 Å². The zero-order valence-corrected chi connectivity index (χ0v) is 13.9. The molecule has 26 heavy (non-hydrogen) atoms. The number of alkyl halides is 3. The Labute approximate surface area is 148 Å². The molecule has 7 heteroatoms. The summed E-state index contributed by atoms with van der Waals surface area (Å²) >= 11 is 0. The molecule has 0 spiro atoms. The molecule has 0 aliphatic carbocycles. The van der Waals surface area contributed by atoms with Crippen LogP contribution in [-0.2, 0) is 28.7 Å². The summed E-state index contributed by atoms with van der Waals surface area (Å²) in [5.41, 5.74) is -0.455. The SMILES string of the molecule is C[C@]1(C(=O)NCc2ccc(C(F)(F)F)cc2)Cc2ccccc2C(=O)O1. The topological polar surface area (TPSA) is 55.4 Å². The molecular formula is C19H16F3NO3. The molecule has 1 atom stereocenters. The molecule has 1 heterocycles. The van der Waals surface area contributed by atoms with E-state index in [-0.39, 0.29) is 13.0 Å². The van der Waals surface area contributed by atoms with Gasteiger partial charge in [0.05, 0.1) is 11.1 Å². The van der Waals surface area contributed by atoms with Crippen LogP contribution in [0.1, 0.15) is 34.0 Å². The fourth-order valence-corrected chi connectivity index (χ4v) is 2.84. The van der Waals surface area contributed by atoms with E-state index < -0.39 is 29.2 Å². The van der Waals surface area contributed by atoms with E-state index in [1.807, 2.05) is 0 Å². The molecule has 4 nitrogen and oxygen atoms in total. The van der Waals surface area contributed by atoms with E-state index in [1.165, 1.54) is 19.1 Å². The number of ether oxygens (including phenoxy) is 1. The third-order valence-corrected chi connectivity index (χ3v) is 4.30. The molecule has 2 aromatic carbocycles. The molecule has 3 rings (SSSR count). The molecule has 0 aromatic heterocycles. The Balaban J connectivity index is 1.68. The molecule has 0 fully saturated rings.